The van der Waals surface area contributed by atoms with Crippen molar-refractivity contribution in [3.05, 3.63) is 65.2 Å². The monoisotopic (exact) mass is 663 g/mol. The van der Waals surface area contributed by atoms with Crippen LogP contribution in [0, 0.1) is 5.82 Å². The van der Waals surface area contributed by atoms with Crippen LogP contribution in [-0.2, 0) is 15.8 Å². The maximum absolute atomic E-state index is 14.8. The molecule has 0 radical (unpaired) electrons. The number of fused-ring (bicyclic) bond motifs is 3. The van der Waals surface area contributed by atoms with Crippen LogP contribution in [0.4, 0.5) is 26.3 Å². The highest BCUT2D eigenvalue weighted by molar-refractivity contribution is 5.98. The lowest BCUT2D eigenvalue weighted by Gasteiger charge is -2.31. The van der Waals surface area contributed by atoms with Gasteiger partial charge < -0.3 is 30.4 Å². The van der Waals surface area contributed by atoms with Crippen molar-refractivity contribution in [1.29, 1.82) is 0 Å². The molecule has 4 heterocycles. The molecule has 3 aliphatic rings. The normalized spacial score (nSPS) is 20.9. The van der Waals surface area contributed by atoms with Crippen molar-refractivity contribution < 1.29 is 55.2 Å². The summed E-state index contributed by atoms with van der Waals surface area (Å²) in [6.45, 7) is -0.604. The highest BCUT2D eigenvalue weighted by atomic mass is 19.4. The SMILES string of the molecule is C[C@]1(C(N)=O)COc2c1cc(C(O)(CNC(=O)c1cc(F)c3nn(C4CC4)cc3c1)C(F)(F)F)nc2-c1ccc2c(c1)OC(F)(F)O2. The van der Waals surface area contributed by atoms with E-state index in [-0.39, 0.29) is 50.8 Å². The molecule has 0 bridgehead atoms. The molecule has 0 spiro atoms. The standard InChI is InChI=1S/C30H23F6N5O6/c1-27(26(37)43)12-45-24-17(27)9-21(39-23(24)13-2-5-19-20(8-13)47-30(35,36)46-19)28(44,29(32,33)34)11-38-25(42)14-6-15-10-41(16-3-4-16)40-22(15)18(31)7-14/h2,5-10,16,44H,3-4,11-12H2,1H3,(H2,37,43)(H,38,42)/t27-,28?/m0/s1. The Labute approximate surface area is 260 Å². The summed E-state index contributed by atoms with van der Waals surface area (Å²) >= 11 is 0. The van der Waals surface area contributed by atoms with Gasteiger partial charge in [0.1, 0.15) is 29.0 Å². The zero-order chi connectivity index (χ0) is 33.7. The second kappa shape index (κ2) is 9.97. The molecule has 47 heavy (non-hydrogen) atoms. The van der Waals surface area contributed by atoms with E-state index in [2.05, 4.69) is 19.6 Å². The van der Waals surface area contributed by atoms with Crippen LogP contribution >= 0.6 is 0 Å². The molecule has 2 atom stereocenters. The molecule has 2 aliphatic heterocycles. The fraction of sp³-hybridized carbons (Fsp3) is 0.333. The first-order chi connectivity index (χ1) is 22.0. The zero-order valence-corrected chi connectivity index (χ0v) is 24.1. The first-order valence-electron chi connectivity index (χ1n) is 14.1. The molecule has 1 unspecified atom stereocenters. The summed E-state index contributed by atoms with van der Waals surface area (Å²) in [5.41, 5.74) is -2.07. The Morgan fingerprint density at radius 3 is 2.53 bits per heavy atom. The van der Waals surface area contributed by atoms with Gasteiger partial charge in [0.05, 0.1) is 18.3 Å². The molecular weight excluding hydrogens is 640 g/mol. The lowest BCUT2D eigenvalue weighted by Crippen LogP contribution is -2.51. The van der Waals surface area contributed by atoms with Crippen molar-refractivity contribution >= 4 is 22.7 Å². The summed E-state index contributed by atoms with van der Waals surface area (Å²) in [5, 5.41) is 17.7. The zero-order valence-electron chi connectivity index (χ0n) is 24.1. The molecule has 1 fully saturated rings. The van der Waals surface area contributed by atoms with Gasteiger partial charge in [-0.1, -0.05) is 0 Å². The highest BCUT2D eigenvalue weighted by Gasteiger charge is 2.58. The molecule has 17 heteroatoms. The molecule has 4 N–H and O–H groups in total. The van der Waals surface area contributed by atoms with Crippen molar-refractivity contribution in [3.8, 4) is 28.5 Å². The topological polar surface area (TPSA) is 151 Å². The largest absolute Gasteiger partial charge is 0.586 e. The lowest BCUT2D eigenvalue weighted by molar-refractivity contribution is -0.286. The molecule has 2 aromatic carbocycles. The number of hydrogen-bond acceptors (Lipinski definition) is 8. The number of hydrogen-bond donors (Lipinski definition) is 3. The van der Waals surface area contributed by atoms with Gasteiger partial charge in [0.15, 0.2) is 17.3 Å². The Balaban J connectivity index is 1.28. The van der Waals surface area contributed by atoms with E-state index in [0.717, 1.165) is 37.1 Å². The number of nitrogens with zero attached hydrogens (tertiary/aromatic N) is 3. The van der Waals surface area contributed by atoms with E-state index in [1.165, 1.54) is 25.3 Å². The Morgan fingerprint density at radius 2 is 1.85 bits per heavy atom. The van der Waals surface area contributed by atoms with Gasteiger partial charge in [0.2, 0.25) is 11.5 Å². The maximum atomic E-state index is 14.8. The van der Waals surface area contributed by atoms with Crippen molar-refractivity contribution in [2.45, 2.75) is 49.3 Å². The smallest absolute Gasteiger partial charge is 0.489 e. The van der Waals surface area contributed by atoms with E-state index in [4.69, 9.17) is 10.5 Å². The molecule has 2 amide bonds. The summed E-state index contributed by atoms with van der Waals surface area (Å²) < 4.78 is 102. The number of benzene rings is 2. The van der Waals surface area contributed by atoms with Gasteiger partial charge in [0.25, 0.3) is 5.91 Å². The molecule has 7 rings (SSSR count). The third kappa shape index (κ3) is 4.95. The number of primary amides is 1. The predicted molar refractivity (Wildman–Crippen MR) is 148 cm³/mol. The van der Waals surface area contributed by atoms with Crippen LogP contribution in [0.5, 0.6) is 17.2 Å². The first-order valence-corrected chi connectivity index (χ1v) is 14.1. The van der Waals surface area contributed by atoms with Gasteiger partial charge in [-0.05, 0) is 56.2 Å². The van der Waals surface area contributed by atoms with Crippen LogP contribution in [0.3, 0.4) is 0 Å². The molecular formula is C30H23F6N5O6. The number of halogens is 6. The number of nitrogens with one attached hydrogen (secondary N) is 1. The van der Waals surface area contributed by atoms with Gasteiger partial charge in [-0.25, -0.2) is 9.37 Å². The average Bonchev–Trinajstić information content (AvgIpc) is 3.54. The van der Waals surface area contributed by atoms with Gasteiger partial charge >= 0.3 is 12.5 Å². The maximum Gasteiger partial charge on any atom is 0.586 e. The Bertz CT molecular complexity index is 2000. The quantitative estimate of drug-likeness (QED) is 0.249. The highest BCUT2D eigenvalue weighted by Crippen LogP contribution is 2.50. The Hall–Kier alpha value is -5.06. The number of pyridine rings is 1. The van der Waals surface area contributed by atoms with Gasteiger partial charge in [-0.3, -0.25) is 14.3 Å². The van der Waals surface area contributed by atoms with E-state index >= 15 is 0 Å². The van der Waals surface area contributed by atoms with Crippen LogP contribution < -0.4 is 25.3 Å². The number of rotatable bonds is 7. The Morgan fingerprint density at radius 1 is 1.13 bits per heavy atom. The molecule has 1 saturated carbocycles. The second-order valence-corrected chi connectivity index (χ2v) is 11.8. The fourth-order valence-corrected chi connectivity index (χ4v) is 5.51. The van der Waals surface area contributed by atoms with Crippen LogP contribution in [0.15, 0.2) is 42.6 Å². The first kappa shape index (κ1) is 30.6. The van der Waals surface area contributed by atoms with E-state index in [9.17, 15) is 41.0 Å². The summed E-state index contributed by atoms with van der Waals surface area (Å²) in [5.74, 6) is -4.00. The number of alkyl halides is 5. The number of nitrogens with two attached hydrogens (primary N) is 1. The van der Waals surface area contributed by atoms with Crippen molar-refractivity contribution in [2.75, 3.05) is 13.2 Å². The minimum absolute atomic E-state index is 0.0120. The van der Waals surface area contributed by atoms with E-state index in [0.29, 0.717) is 0 Å². The molecule has 0 saturated heterocycles. The molecule has 1 aliphatic carbocycles. The third-order valence-corrected chi connectivity index (χ3v) is 8.45. The van der Waals surface area contributed by atoms with Crippen LogP contribution in [0.1, 0.15) is 47.4 Å². The van der Waals surface area contributed by atoms with Crippen LogP contribution in [0.25, 0.3) is 22.2 Å². The van der Waals surface area contributed by atoms with Gasteiger partial charge in [-0.15, -0.1) is 8.78 Å². The predicted octanol–water partition coefficient (Wildman–Crippen LogP) is 4.21. The number of aromatic nitrogens is 3. The van der Waals surface area contributed by atoms with Gasteiger partial charge in [-0.2, -0.15) is 18.3 Å². The lowest BCUT2D eigenvalue weighted by atomic mass is 9.81. The van der Waals surface area contributed by atoms with Crippen molar-refractivity contribution in [1.82, 2.24) is 20.1 Å². The van der Waals surface area contributed by atoms with Gasteiger partial charge in [0, 0.05) is 28.3 Å². The second-order valence-electron chi connectivity index (χ2n) is 11.8. The summed E-state index contributed by atoms with van der Waals surface area (Å²) in [6.07, 6.45) is -6.25. The van der Waals surface area contributed by atoms with Crippen molar-refractivity contribution in [2.24, 2.45) is 5.73 Å². The number of carbonyl (C=O) groups excluding carboxylic acids is 2. The minimum atomic E-state index is -5.49. The fourth-order valence-electron chi connectivity index (χ4n) is 5.51. The molecule has 11 nitrogen and oxygen atoms in total. The molecule has 2 aromatic heterocycles. The number of amides is 2. The average molecular weight is 664 g/mol. The van der Waals surface area contributed by atoms with Crippen molar-refractivity contribution in [3.63, 3.8) is 0 Å². The third-order valence-electron chi connectivity index (χ3n) is 8.45. The number of aliphatic hydroxyl groups is 1. The van der Waals surface area contributed by atoms with E-state index in [1.54, 1.807) is 4.68 Å². The summed E-state index contributed by atoms with van der Waals surface area (Å²) in [6, 6.07) is 6.23. The Kier molecular flexibility index (Phi) is 6.49. The number of ether oxygens (including phenoxy) is 3. The number of carbonyl (C=O) groups is 2. The summed E-state index contributed by atoms with van der Waals surface area (Å²) in [4.78, 5) is 29.5. The van der Waals surface area contributed by atoms with E-state index in [1.807, 2.05) is 5.32 Å². The van der Waals surface area contributed by atoms with Crippen LogP contribution in [-0.4, -0.2) is 57.3 Å². The molecule has 246 valence electrons. The minimum Gasteiger partial charge on any atom is -0.489 e. The summed E-state index contributed by atoms with van der Waals surface area (Å²) in [7, 11) is 0. The molecule has 4 aromatic rings. The van der Waals surface area contributed by atoms with Crippen LogP contribution in [0.2, 0.25) is 0 Å². The van der Waals surface area contributed by atoms with E-state index < -0.39 is 65.7 Å².